The number of halogens is 1. The molecule has 0 aliphatic carbocycles. The minimum Gasteiger partial charge on any atom is -0.399 e. The van der Waals surface area contributed by atoms with Crippen LogP contribution in [0.5, 0.6) is 0 Å². The van der Waals surface area contributed by atoms with Gasteiger partial charge in [-0.25, -0.2) is 0 Å². The quantitative estimate of drug-likeness (QED) is 0.730. The van der Waals surface area contributed by atoms with Crippen molar-refractivity contribution in [2.45, 2.75) is 44.9 Å². The van der Waals surface area contributed by atoms with Crippen molar-refractivity contribution in [1.82, 2.24) is 9.80 Å². The summed E-state index contributed by atoms with van der Waals surface area (Å²) in [7, 11) is -0.356. The second-order valence-corrected chi connectivity index (χ2v) is 8.58. The first kappa shape index (κ1) is 17.2. The molecule has 1 unspecified atom stereocenters. The van der Waals surface area contributed by atoms with Gasteiger partial charge in [-0.3, -0.25) is 9.38 Å². The van der Waals surface area contributed by atoms with E-state index in [-0.39, 0.29) is 37.0 Å². The van der Waals surface area contributed by atoms with Crippen molar-refractivity contribution in [2.24, 2.45) is 10.9 Å². The van der Waals surface area contributed by atoms with Gasteiger partial charge in [0.05, 0.1) is 23.9 Å². The summed E-state index contributed by atoms with van der Waals surface area (Å²) in [6.07, 6.45) is 6.20. The molecule has 25 heavy (non-hydrogen) atoms. The van der Waals surface area contributed by atoms with E-state index >= 15 is 0 Å². The third kappa shape index (κ3) is 3.07. The minimum absolute atomic E-state index is 0.204. The summed E-state index contributed by atoms with van der Waals surface area (Å²) in [5.74, 6) is 1.20. The average molecular weight is 347 g/mol. The Bertz CT molecular complexity index is 624. The first-order valence-electron chi connectivity index (χ1n) is 9.15. The fourth-order valence-corrected chi connectivity index (χ4v) is 3.70. The molecule has 4 aliphatic heterocycles. The van der Waals surface area contributed by atoms with Crippen molar-refractivity contribution in [3.8, 4) is 0 Å². The normalized spacial score (nSPS) is 31.0. The van der Waals surface area contributed by atoms with Gasteiger partial charge in [-0.05, 0) is 45.3 Å². The molecule has 0 aromatic rings. The van der Waals surface area contributed by atoms with Crippen LogP contribution in [-0.2, 0) is 9.31 Å². The second kappa shape index (κ2) is 5.93. The van der Waals surface area contributed by atoms with E-state index in [9.17, 15) is 4.39 Å². The van der Waals surface area contributed by atoms with Crippen LogP contribution in [0.25, 0.3) is 0 Å². The Morgan fingerprint density at radius 1 is 1.20 bits per heavy atom. The molecule has 4 heterocycles. The molecule has 0 saturated carbocycles. The topological polar surface area (TPSA) is 37.3 Å². The highest BCUT2D eigenvalue weighted by atomic mass is 19.1. The maximum absolute atomic E-state index is 12.6. The van der Waals surface area contributed by atoms with Crippen LogP contribution >= 0.6 is 0 Å². The van der Waals surface area contributed by atoms with E-state index in [2.05, 4.69) is 55.8 Å². The standard InChI is InChI=1S/C18H27BFN3O2/c1-17(2)18(3,4)25-19(24-17)14-5-6-23-12-15(21-16(23)7-14)11-22-9-13(8-20)10-22/h5-7,13,15H,8-12H2,1-4H3. The number of hydrogen-bond donors (Lipinski definition) is 0. The molecular formula is C18H27BFN3O2. The molecule has 5 nitrogen and oxygen atoms in total. The lowest BCUT2D eigenvalue weighted by Crippen LogP contribution is -2.50. The molecule has 1 atom stereocenters. The van der Waals surface area contributed by atoms with Crippen molar-refractivity contribution in [2.75, 3.05) is 32.9 Å². The van der Waals surface area contributed by atoms with Crippen LogP contribution in [0.3, 0.4) is 0 Å². The number of aliphatic imine (C=N–C) groups is 1. The van der Waals surface area contributed by atoms with E-state index in [0.717, 1.165) is 37.5 Å². The maximum atomic E-state index is 12.6. The predicted molar refractivity (Wildman–Crippen MR) is 97.1 cm³/mol. The van der Waals surface area contributed by atoms with E-state index in [1.54, 1.807) is 0 Å². The zero-order valence-corrected chi connectivity index (χ0v) is 15.5. The van der Waals surface area contributed by atoms with Crippen LogP contribution in [0.15, 0.2) is 28.8 Å². The van der Waals surface area contributed by atoms with Crippen LogP contribution < -0.4 is 0 Å². The summed E-state index contributed by atoms with van der Waals surface area (Å²) < 4.78 is 24.8. The SMILES string of the molecule is CC1(C)OB(C2=CC3=NC(CN4CC(CF)C4)CN3C=C2)OC1(C)C. The average Bonchev–Trinajstić information content (AvgIpc) is 2.99. The minimum atomic E-state index is -0.356. The first-order chi connectivity index (χ1) is 11.8. The van der Waals surface area contributed by atoms with Crippen LogP contribution in [0.2, 0.25) is 0 Å². The van der Waals surface area contributed by atoms with Crippen molar-refractivity contribution in [1.29, 1.82) is 0 Å². The molecule has 2 saturated heterocycles. The highest BCUT2D eigenvalue weighted by Crippen LogP contribution is 2.39. The third-order valence-electron chi connectivity index (χ3n) is 6.00. The zero-order chi connectivity index (χ0) is 17.8. The lowest BCUT2D eigenvalue weighted by molar-refractivity contribution is 0.00578. The number of likely N-dealkylation sites (tertiary alicyclic amines) is 1. The molecule has 0 aromatic heterocycles. The molecule has 136 valence electrons. The molecule has 0 spiro atoms. The largest absolute Gasteiger partial charge is 0.495 e. The van der Waals surface area contributed by atoms with E-state index in [0.29, 0.717) is 0 Å². The van der Waals surface area contributed by atoms with Gasteiger partial charge in [0.15, 0.2) is 0 Å². The smallest absolute Gasteiger partial charge is 0.399 e. The fraction of sp³-hybridized carbons (Fsp3) is 0.722. The van der Waals surface area contributed by atoms with Crippen molar-refractivity contribution in [3.63, 3.8) is 0 Å². The number of rotatable bonds is 4. The number of fused-ring (bicyclic) bond motifs is 1. The number of hydrogen-bond acceptors (Lipinski definition) is 5. The van der Waals surface area contributed by atoms with Gasteiger partial charge in [-0.1, -0.05) is 0 Å². The Labute approximate surface area is 149 Å². The number of amidine groups is 1. The summed E-state index contributed by atoms with van der Waals surface area (Å²) in [6, 6.07) is 0.245. The first-order valence-corrected chi connectivity index (χ1v) is 9.15. The van der Waals surface area contributed by atoms with Gasteiger partial charge in [0.25, 0.3) is 0 Å². The summed E-state index contributed by atoms with van der Waals surface area (Å²) in [4.78, 5) is 9.31. The number of nitrogens with zero attached hydrogens (tertiary/aromatic N) is 3. The van der Waals surface area contributed by atoms with Crippen molar-refractivity contribution in [3.05, 3.63) is 23.8 Å². The fourth-order valence-electron chi connectivity index (χ4n) is 3.70. The molecule has 4 rings (SSSR count). The molecule has 0 N–H and O–H groups in total. The number of allylic oxidation sites excluding steroid dienone is 2. The lowest BCUT2D eigenvalue weighted by Gasteiger charge is -2.38. The van der Waals surface area contributed by atoms with Gasteiger partial charge >= 0.3 is 7.12 Å². The highest BCUT2D eigenvalue weighted by Gasteiger charge is 2.52. The van der Waals surface area contributed by atoms with Crippen LogP contribution in [0.4, 0.5) is 4.39 Å². The van der Waals surface area contributed by atoms with Crippen molar-refractivity contribution >= 4 is 13.0 Å². The van der Waals surface area contributed by atoms with Gasteiger partial charge in [0, 0.05) is 38.3 Å². The molecule has 0 bridgehead atoms. The predicted octanol–water partition coefficient (Wildman–Crippen LogP) is 2.06. The highest BCUT2D eigenvalue weighted by molar-refractivity contribution is 6.56. The van der Waals surface area contributed by atoms with Gasteiger partial charge in [-0.15, -0.1) is 0 Å². The Hall–Kier alpha value is -1.18. The summed E-state index contributed by atoms with van der Waals surface area (Å²) in [6.45, 7) is 11.6. The molecule has 0 amide bonds. The summed E-state index contributed by atoms with van der Waals surface area (Å²) >= 11 is 0. The van der Waals surface area contributed by atoms with Crippen LogP contribution in [-0.4, -0.2) is 72.9 Å². The molecule has 0 aromatic carbocycles. The second-order valence-electron chi connectivity index (χ2n) is 8.58. The lowest BCUT2D eigenvalue weighted by atomic mass is 9.77. The Morgan fingerprint density at radius 2 is 1.88 bits per heavy atom. The Kier molecular flexibility index (Phi) is 4.09. The van der Waals surface area contributed by atoms with E-state index in [1.165, 1.54) is 0 Å². The summed E-state index contributed by atoms with van der Waals surface area (Å²) in [5, 5.41) is 0. The molecule has 4 aliphatic rings. The molecule has 7 heteroatoms. The zero-order valence-electron chi connectivity index (χ0n) is 15.5. The Morgan fingerprint density at radius 3 is 2.52 bits per heavy atom. The van der Waals surface area contributed by atoms with Crippen LogP contribution in [0.1, 0.15) is 27.7 Å². The number of alkyl halides is 1. The van der Waals surface area contributed by atoms with Crippen molar-refractivity contribution < 1.29 is 13.7 Å². The summed E-state index contributed by atoms with van der Waals surface area (Å²) in [5.41, 5.74) is 0.331. The molecule has 0 radical (unpaired) electrons. The Balaban J connectivity index is 1.42. The molecular weight excluding hydrogens is 320 g/mol. The van der Waals surface area contributed by atoms with E-state index < -0.39 is 0 Å². The van der Waals surface area contributed by atoms with Crippen LogP contribution in [0, 0.1) is 5.92 Å². The van der Waals surface area contributed by atoms with Gasteiger partial charge < -0.3 is 19.1 Å². The van der Waals surface area contributed by atoms with E-state index in [4.69, 9.17) is 14.3 Å². The van der Waals surface area contributed by atoms with Gasteiger partial charge in [0.1, 0.15) is 5.84 Å². The monoisotopic (exact) mass is 347 g/mol. The third-order valence-corrected chi connectivity index (χ3v) is 6.00. The van der Waals surface area contributed by atoms with Gasteiger partial charge in [-0.2, -0.15) is 0 Å². The molecule has 2 fully saturated rings. The van der Waals surface area contributed by atoms with E-state index in [1.807, 2.05) is 0 Å². The van der Waals surface area contributed by atoms with Gasteiger partial charge in [0.2, 0.25) is 0 Å². The maximum Gasteiger partial charge on any atom is 0.495 e.